The van der Waals surface area contributed by atoms with Crippen molar-refractivity contribution in [1.82, 2.24) is 9.88 Å². The third kappa shape index (κ3) is 4.49. The number of nitrogens with zero attached hydrogens (tertiary/aromatic N) is 1. The summed E-state index contributed by atoms with van der Waals surface area (Å²) in [6.07, 6.45) is 5.37. The zero-order chi connectivity index (χ0) is 11.1. The predicted octanol–water partition coefficient (Wildman–Crippen LogP) is 2.02. The van der Waals surface area contributed by atoms with E-state index in [1.54, 1.807) is 7.11 Å². The van der Waals surface area contributed by atoms with E-state index in [1.165, 1.54) is 5.56 Å². The number of hydrogen-bond acceptors (Lipinski definition) is 2. The Morgan fingerprint density at radius 2 is 2.33 bits per heavy atom. The van der Waals surface area contributed by atoms with Gasteiger partial charge in [-0.15, -0.1) is 0 Å². The van der Waals surface area contributed by atoms with Crippen molar-refractivity contribution in [3.05, 3.63) is 24.0 Å². The highest BCUT2D eigenvalue weighted by Crippen LogP contribution is 2.02. The summed E-state index contributed by atoms with van der Waals surface area (Å²) in [6, 6.07) is 2.68. The van der Waals surface area contributed by atoms with Crippen LogP contribution in [-0.4, -0.2) is 24.3 Å². The summed E-state index contributed by atoms with van der Waals surface area (Å²) < 4.78 is 7.23. The minimum absolute atomic E-state index is 0.509. The van der Waals surface area contributed by atoms with Crippen molar-refractivity contribution in [1.29, 1.82) is 0 Å². The molecule has 1 rings (SSSR count). The molecule has 0 spiro atoms. The highest BCUT2D eigenvalue weighted by molar-refractivity contribution is 5.09. The largest absolute Gasteiger partial charge is 0.385 e. The van der Waals surface area contributed by atoms with Crippen LogP contribution in [0.25, 0.3) is 0 Å². The summed E-state index contributed by atoms with van der Waals surface area (Å²) >= 11 is 0. The first kappa shape index (κ1) is 12.3. The lowest BCUT2D eigenvalue weighted by Gasteiger charge is -2.12. The number of aryl methyl sites for hydroxylation is 1. The maximum absolute atomic E-state index is 5.04. The highest BCUT2D eigenvalue weighted by Gasteiger charge is 2.01. The lowest BCUT2D eigenvalue weighted by molar-refractivity contribution is 0.184. The van der Waals surface area contributed by atoms with Crippen LogP contribution in [0.1, 0.15) is 25.8 Å². The molecular formula is C12H22N2O. The first-order valence-electron chi connectivity index (χ1n) is 5.63. The molecule has 1 aromatic heterocycles. The number of aromatic nitrogens is 1. The normalized spacial score (nSPS) is 13.0. The zero-order valence-electron chi connectivity index (χ0n) is 9.99. The fraction of sp³-hybridized carbons (Fsp3) is 0.667. The van der Waals surface area contributed by atoms with E-state index >= 15 is 0 Å². The molecule has 1 atom stereocenters. The van der Waals surface area contributed by atoms with Crippen LogP contribution in [0.4, 0.5) is 0 Å². The highest BCUT2D eigenvalue weighted by atomic mass is 16.5. The standard InChI is InChI=1S/C12H22N2O/c1-4-14-7-5-12(10-14)9-13-11(2)6-8-15-3/h5,7,10-11,13H,4,6,8-9H2,1-3H3. The number of ether oxygens (including phenoxy) is 1. The molecule has 86 valence electrons. The van der Waals surface area contributed by atoms with Crippen molar-refractivity contribution < 1.29 is 4.74 Å². The molecule has 0 aliphatic heterocycles. The maximum atomic E-state index is 5.04. The molecule has 3 heteroatoms. The molecule has 1 N–H and O–H groups in total. The Hall–Kier alpha value is -0.800. The second kappa shape index (κ2) is 6.64. The van der Waals surface area contributed by atoms with Crippen molar-refractivity contribution in [2.45, 2.75) is 39.4 Å². The van der Waals surface area contributed by atoms with Crippen molar-refractivity contribution >= 4 is 0 Å². The van der Waals surface area contributed by atoms with Gasteiger partial charge < -0.3 is 14.6 Å². The summed E-state index contributed by atoms with van der Waals surface area (Å²) in [5.41, 5.74) is 1.35. The molecule has 3 nitrogen and oxygen atoms in total. The Morgan fingerprint density at radius 3 is 2.93 bits per heavy atom. The molecule has 1 heterocycles. The fourth-order valence-electron chi connectivity index (χ4n) is 1.48. The summed E-state index contributed by atoms with van der Waals surface area (Å²) in [6.45, 7) is 7.15. The molecule has 0 bridgehead atoms. The molecule has 0 amide bonds. The van der Waals surface area contributed by atoms with Gasteiger partial charge in [0.15, 0.2) is 0 Å². The van der Waals surface area contributed by atoms with Crippen molar-refractivity contribution in [3.63, 3.8) is 0 Å². The van der Waals surface area contributed by atoms with Crippen LogP contribution < -0.4 is 5.32 Å². The lowest BCUT2D eigenvalue weighted by Crippen LogP contribution is -2.26. The summed E-state index contributed by atoms with van der Waals surface area (Å²) in [4.78, 5) is 0. The number of hydrogen-bond donors (Lipinski definition) is 1. The number of rotatable bonds is 7. The third-order valence-electron chi connectivity index (χ3n) is 2.59. The van der Waals surface area contributed by atoms with Crippen LogP contribution in [-0.2, 0) is 17.8 Å². The number of methoxy groups -OCH3 is 1. The van der Waals surface area contributed by atoms with Gasteiger partial charge in [0.05, 0.1) is 0 Å². The summed E-state index contributed by atoms with van der Waals surface area (Å²) in [7, 11) is 1.74. The van der Waals surface area contributed by atoms with Gasteiger partial charge in [0.2, 0.25) is 0 Å². The van der Waals surface area contributed by atoms with Crippen LogP contribution in [0.2, 0.25) is 0 Å². The Morgan fingerprint density at radius 1 is 1.53 bits per heavy atom. The first-order valence-corrected chi connectivity index (χ1v) is 5.63. The molecular weight excluding hydrogens is 188 g/mol. The molecule has 0 saturated carbocycles. The SMILES string of the molecule is CCn1ccc(CNC(C)CCOC)c1. The van der Waals surface area contributed by atoms with Crippen molar-refractivity contribution in [2.75, 3.05) is 13.7 Å². The number of nitrogens with one attached hydrogen (secondary N) is 1. The van der Waals surface area contributed by atoms with Crippen LogP contribution in [0.5, 0.6) is 0 Å². The molecule has 0 saturated heterocycles. The molecule has 15 heavy (non-hydrogen) atoms. The van der Waals surface area contributed by atoms with Gasteiger partial charge in [0, 0.05) is 45.2 Å². The fourth-order valence-corrected chi connectivity index (χ4v) is 1.48. The second-order valence-corrected chi connectivity index (χ2v) is 3.91. The van der Waals surface area contributed by atoms with Gasteiger partial charge in [-0.1, -0.05) is 0 Å². The van der Waals surface area contributed by atoms with E-state index < -0.39 is 0 Å². The average molecular weight is 210 g/mol. The molecule has 1 unspecified atom stereocenters. The van der Waals surface area contributed by atoms with Crippen LogP contribution >= 0.6 is 0 Å². The van der Waals surface area contributed by atoms with E-state index in [4.69, 9.17) is 4.74 Å². The van der Waals surface area contributed by atoms with E-state index in [0.717, 1.165) is 26.1 Å². The van der Waals surface area contributed by atoms with E-state index in [0.29, 0.717) is 6.04 Å². The van der Waals surface area contributed by atoms with E-state index in [9.17, 15) is 0 Å². The van der Waals surface area contributed by atoms with Gasteiger partial charge in [-0.05, 0) is 31.9 Å². The summed E-state index contributed by atoms with van der Waals surface area (Å²) in [5, 5.41) is 3.48. The van der Waals surface area contributed by atoms with Gasteiger partial charge in [-0.2, -0.15) is 0 Å². The smallest absolute Gasteiger partial charge is 0.0476 e. The Balaban J connectivity index is 2.24. The second-order valence-electron chi connectivity index (χ2n) is 3.91. The van der Waals surface area contributed by atoms with Crippen molar-refractivity contribution in [2.24, 2.45) is 0 Å². The minimum Gasteiger partial charge on any atom is -0.385 e. The van der Waals surface area contributed by atoms with E-state index in [1.807, 2.05) is 0 Å². The molecule has 1 aromatic rings. The van der Waals surface area contributed by atoms with Crippen LogP contribution in [0, 0.1) is 0 Å². The topological polar surface area (TPSA) is 26.2 Å². The van der Waals surface area contributed by atoms with Gasteiger partial charge >= 0.3 is 0 Å². The third-order valence-corrected chi connectivity index (χ3v) is 2.59. The lowest BCUT2D eigenvalue weighted by atomic mass is 10.2. The molecule has 0 aliphatic carbocycles. The minimum atomic E-state index is 0.509. The quantitative estimate of drug-likeness (QED) is 0.745. The van der Waals surface area contributed by atoms with E-state index in [2.05, 4.69) is 42.2 Å². The van der Waals surface area contributed by atoms with Gasteiger partial charge in [0.1, 0.15) is 0 Å². The monoisotopic (exact) mass is 210 g/mol. The summed E-state index contributed by atoms with van der Waals surface area (Å²) in [5.74, 6) is 0. The van der Waals surface area contributed by atoms with Crippen LogP contribution in [0.3, 0.4) is 0 Å². The van der Waals surface area contributed by atoms with E-state index in [-0.39, 0.29) is 0 Å². The molecule has 0 aromatic carbocycles. The van der Waals surface area contributed by atoms with Crippen molar-refractivity contribution in [3.8, 4) is 0 Å². The maximum Gasteiger partial charge on any atom is 0.0476 e. The molecule has 0 radical (unpaired) electrons. The predicted molar refractivity (Wildman–Crippen MR) is 62.9 cm³/mol. The molecule has 0 aliphatic rings. The Labute approximate surface area is 92.4 Å². The first-order chi connectivity index (χ1) is 7.26. The van der Waals surface area contributed by atoms with Gasteiger partial charge in [-0.3, -0.25) is 0 Å². The molecule has 0 fully saturated rings. The Bertz CT molecular complexity index is 270. The van der Waals surface area contributed by atoms with Crippen LogP contribution in [0.15, 0.2) is 18.5 Å². The van der Waals surface area contributed by atoms with Gasteiger partial charge in [-0.25, -0.2) is 0 Å². The average Bonchev–Trinajstić information content (AvgIpc) is 2.71. The Kier molecular flexibility index (Phi) is 5.43. The van der Waals surface area contributed by atoms with Gasteiger partial charge in [0.25, 0.3) is 0 Å². The zero-order valence-corrected chi connectivity index (χ0v) is 9.99.